The molecule has 0 aliphatic carbocycles. The van der Waals surface area contributed by atoms with Crippen LogP contribution in [0.4, 0.5) is 0 Å². The van der Waals surface area contributed by atoms with Crippen molar-refractivity contribution in [3.63, 3.8) is 0 Å². The molecule has 0 saturated carbocycles. The molecule has 1 heterocycles. The molecule has 1 aliphatic heterocycles. The van der Waals surface area contributed by atoms with Gasteiger partial charge in [-0.1, -0.05) is 23.0 Å². The summed E-state index contributed by atoms with van der Waals surface area (Å²) in [5, 5.41) is 0. The molecule has 0 spiro atoms. The third kappa shape index (κ3) is 4.07. The summed E-state index contributed by atoms with van der Waals surface area (Å²) < 4.78 is 6.15. The Morgan fingerprint density at radius 3 is 2.44 bits per heavy atom. The first-order valence-electron chi connectivity index (χ1n) is 6.07. The molecule has 0 amide bonds. The highest BCUT2D eigenvalue weighted by molar-refractivity contribution is 8.83. The number of ether oxygens (including phenoxy) is 1. The van der Waals surface area contributed by atoms with Crippen LogP contribution in [0.25, 0.3) is 0 Å². The molecule has 1 saturated heterocycles. The third-order valence-corrected chi connectivity index (χ3v) is 5.96. The molecule has 2 nitrogen and oxygen atoms in total. The normalized spacial score (nSPS) is 15.5. The Hall–Kier alpha value is -0.390. The number of likely N-dealkylation sites (tertiary alicyclic amines) is 1. The van der Waals surface area contributed by atoms with E-state index in [2.05, 4.69) is 17.0 Å². The van der Waals surface area contributed by atoms with Crippen molar-refractivity contribution in [1.82, 2.24) is 4.90 Å². The van der Waals surface area contributed by atoms with Gasteiger partial charge in [-0.05, 0) is 54.3 Å². The Bertz CT molecular complexity index is 388. The number of hydrogen-bond acceptors (Lipinski definition) is 4. The second kappa shape index (κ2) is 7.26. The molecular weight excluding hydrogens is 282 g/mol. The van der Waals surface area contributed by atoms with E-state index in [0.717, 1.165) is 23.2 Å². The summed E-state index contributed by atoms with van der Waals surface area (Å²) in [7, 11) is 5.09. The van der Waals surface area contributed by atoms with Crippen LogP contribution in [-0.2, 0) is 0 Å². The summed E-state index contributed by atoms with van der Waals surface area (Å²) in [6, 6.07) is 8.09. The van der Waals surface area contributed by atoms with Crippen molar-refractivity contribution in [2.45, 2.75) is 24.2 Å². The molecule has 0 atom stereocenters. The molecule has 0 N–H and O–H groups in total. The van der Waals surface area contributed by atoms with E-state index in [1.807, 2.05) is 12.1 Å². The maximum absolute atomic E-state index is 5.47. The van der Waals surface area contributed by atoms with Gasteiger partial charge in [0.25, 0.3) is 0 Å². The van der Waals surface area contributed by atoms with Crippen LogP contribution in [0.15, 0.2) is 29.2 Å². The minimum absolute atomic E-state index is 0.892. The van der Waals surface area contributed by atoms with Crippen molar-refractivity contribution in [3.05, 3.63) is 24.3 Å². The Morgan fingerprint density at radius 1 is 1.17 bits per heavy atom. The van der Waals surface area contributed by atoms with Crippen molar-refractivity contribution in [3.8, 4) is 5.75 Å². The van der Waals surface area contributed by atoms with Crippen LogP contribution in [-0.4, -0.2) is 29.4 Å². The van der Waals surface area contributed by atoms with Gasteiger partial charge < -0.3 is 9.64 Å². The first kappa shape index (κ1) is 14.0. The van der Waals surface area contributed by atoms with E-state index in [1.165, 1.54) is 24.2 Å². The predicted octanol–water partition coefficient (Wildman–Crippen LogP) is 4.21. The number of rotatable bonds is 3. The van der Waals surface area contributed by atoms with E-state index in [1.54, 1.807) is 28.7 Å². The van der Waals surface area contributed by atoms with E-state index in [9.17, 15) is 0 Å². The van der Waals surface area contributed by atoms with Crippen molar-refractivity contribution in [1.29, 1.82) is 0 Å². The molecule has 1 aliphatic rings. The van der Waals surface area contributed by atoms with Gasteiger partial charge in [-0.25, -0.2) is 0 Å². The Labute approximate surface area is 122 Å². The van der Waals surface area contributed by atoms with Crippen LogP contribution in [0.1, 0.15) is 19.3 Å². The van der Waals surface area contributed by atoms with Crippen LogP contribution < -0.4 is 4.74 Å². The van der Waals surface area contributed by atoms with Gasteiger partial charge in [0.15, 0.2) is 0 Å². The van der Waals surface area contributed by atoms with Gasteiger partial charge in [-0.3, -0.25) is 0 Å². The lowest BCUT2D eigenvalue weighted by Crippen LogP contribution is -2.32. The fraction of sp³-hybridized carbons (Fsp3) is 0.462. The van der Waals surface area contributed by atoms with Crippen LogP contribution in [0.2, 0.25) is 0 Å². The molecule has 1 fully saturated rings. The molecule has 1 aromatic rings. The number of piperidine rings is 1. The summed E-state index contributed by atoms with van der Waals surface area (Å²) in [5.74, 6) is 0.892. The smallest absolute Gasteiger partial charge is 0.147 e. The SMILES string of the molecule is COc1ccc(SSC(=S)N2CCCCC2)cc1. The predicted molar refractivity (Wildman–Crippen MR) is 84.5 cm³/mol. The zero-order valence-electron chi connectivity index (χ0n) is 10.4. The first-order valence-corrected chi connectivity index (χ1v) is 8.63. The molecule has 0 unspecified atom stereocenters. The van der Waals surface area contributed by atoms with E-state index < -0.39 is 0 Å². The largest absolute Gasteiger partial charge is 0.497 e. The minimum Gasteiger partial charge on any atom is -0.497 e. The average molecular weight is 299 g/mol. The molecule has 0 bridgehead atoms. The van der Waals surface area contributed by atoms with Crippen LogP contribution in [0.5, 0.6) is 5.75 Å². The Kier molecular flexibility index (Phi) is 5.66. The number of nitrogens with zero attached hydrogens (tertiary/aromatic N) is 1. The molecular formula is C13H17NOS3. The zero-order chi connectivity index (χ0) is 12.8. The number of benzene rings is 1. The summed E-state index contributed by atoms with van der Waals surface area (Å²) in [5.41, 5.74) is 0. The van der Waals surface area contributed by atoms with Crippen LogP contribution in [0, 0.1) is 0 Å². The standard InChI is InChI=1S/C13H17NOS3/c1-15-11-5-7-12(8-6-11)17-18-13(16)14-9-3-2-4-10-14/h5-8H,2-4,9-10H2,1H3. The quantitative estimate of drug-likeness (QED) is 0.610. The second-order valence-corrected chi connectivity index (χ2v) is 6.99. The molecule has 0 radical (unpaired) electrons. The van der Waals surface area contributed by atoms with Gasteiger partial charge >= 0.3 is 0 Å². The number of thiocarbonyl (C=S) groups is 1. The first-order chi connectivity index (χ1) is 8.79. The lowest BCUT2D eigenvalue weighted by atomic mass is 10.1. The fourth-order valence-electron chi connectivity index (χ4n) is 1.84. The molecule has 0 aromatic heterocycles. The summed E-state index contributed by atoms with van der Waals surface area (Å²) in [6.07, 6.45) is 3.89. The highest BCUT2D eigenvalue weighted by Gasteiger charge is 2.14. The maximum atomic E-state index is 5.47. The Morgan fingerprint density at radius 2 is 1.83 bits per heavy atom. The molecule has 1 aromatic carbocycles. The van der Waals surface area contributed by atoms with Gasteiger partial charge in [0, 0.05) is 18.0 Å². The maximum Gasteiger partial charge on any atom is 0.147 e. The van der Waals surface area contributed by atoms with E-state index in [-0.39, 0.29) is 0 Å². The monoisotopic (exact) mass is 299 g/mol. The second-order valence-electron chi connectivity index (χ2n) is 4.16. The van der Waals surface area contributed by atoms with E-state index >= 15 is 0 Å². The molecule has 5 heteroatoms. The minimum atomic E-state index is 0.892. The van der Waals surface area contributed by atoms with Crippen molar-refractivity contribution >= 4 is 38.1 Å². The van der Waals surface area contributed by atoms with Crippen molar-refractivity contribution < 1.29 is 4.74 Å². The lowest BCUT2D eigenvalue weighted by Gasteiger charge is -2.28. The molecule has 98 valence electrons. The lowest BCUT2D eigenvalue weighted by molar-refractivity contribution is 0.352. The van der Waals surface area contributed by atoms with Gasteiger partial charge in [-0.2, -0.15) is 0 Å². The molecule has 18 heavy (non-hydrogen) atoms. The van der Waals surface area contributed by atoms with E-state index in [0.29, 0.717) is 0 Å². The zero-order valence-corrected chi connectivity index (χ0v) is 12.9. The highest BCUT2D eigenvalue weighted by atomic mass is 33.1. The van der Waals surface area contributed by atoms with Gasteiger partial charge in [-0.15, -0.1) is 0 Å². The average Bonchev–Trinajstić information content (AvgIpc) is 2.46. The van der Waals surface area contributed by atoms with Gasteiger partial charge in [0.1, 0.15) is 10.1 Å². The van der Waals surface area contributed by atoms with Crippen molar-refractivity contribution in [2.24, 2.45) is 0 Å². The fourth-order valence-corrected chi connectivity index (χ4v) is 4.19. The number of methoxy groups -OCH3 is 1. The summed E-state index contributed by atoms with van der Waals surface area (Å²) in [6.45, 7) is 2.24. The highest BCUT2D eigenvalue weighted by Crippen LogP contribution is 2.34. The van der Waals surface area contributed by atoms with Crippen LogP contribution >= 0.6 is 33.8 Å². The summed E-state index contributed by atoms with van der Waals surface area (Å²) in [4.78, 5) is 3.53. The topological polar surface area (TPSA) is 12.5 Å². The van der Waals surface area contributed by atoms with Gasteiger partial charge in [0.05, 0.1) is 7.11 Å². The third-order valence-electron chi connectivity index (χ3n) is 2.88. The van der Waals surface area contributed by atoms with Crippen molar-refractivity contribution in [2.75, 3.05) is 20.2 Å². The van der Waals surface area contributed by atoms with E-state index in [4.69, 9.17) is 17.0 Å². The summed E-state index contributed by atoms with van der Waals surface area (Å²) >= 11 is 5.47. The van der Waals surface area contributed by atoms with Gasteiger partial charge in [0.2, 0.25) is 0 Å². The Balaban J connectivity index is 1.80. The van der Waals surface area contributed by atoms with Crippen LogP contribution in [0.3, 0.4) is 0 Å². The molecule has 2 rings (SSSR count). The number of hydrogen-bond donors (Lipinski definition) is 0.